The number of hydrogen-bond donors (Lipinski definition) is 1. The molecule has 1 aromatic carbocycles. The molecule has 2 atom stereocenters. The van der Waals surface area contributed by atoms with E-state index in [0.717, 1.165) is 17.7 Å². The van der Waals surface area contributed by atoms with Crippen molar-refractivity contribution in [3.8, 4) is 5.75 Å². The van der Waals surface area contributed by atoms with Crippen LogP contribution in [0.25, 0.3) is 0 Å². The van der Waals surface area contributed by atoms with Crippen molar-refractivity contribution in [1.29, 1.82) is 0 Å². The monoisotopic (exact) mass is 320 g/mol. The van der Waals surface area contributed by atoms with Gasteiger partial charge in [0.05, 0.1) is 31.4 Å². The number of carbonyl (C=O) groups is 1. The zero-order chi connectivity index (χ0) is 17.2. The summed E-state index contributed by atoms with van der Waals surface area (Å²) < 4.78 is 11.3. The second kappa shape index (κ2) is 6.79. The van der Waals surface area contributed by atoms with Crippen LogP contribution in [0.3, 0.4) is 0 Å². The summed E-state index contributed by atoms with van der Waals surface area (Å²) in [5.41, 5.74) is 6.27. The molecule has 2 amide bonds. The van der Waals surface area contributed by atoms with Gasteiger partial charge in [-0.25, -0.2) is 4.79 Å². The smallest absolute Gasteiger partial charge is 0.315 e. The molecule has 128 valence electrons. The third-order valence-electron chi connectivity index (χ3n) is 4.60. The molecule has 0 aliphatic carbocycles. The van der Waals surface area contributed by atoms with Crippen LogP contribution in [0, 0.1) is 5.92 Å². The number of methoxy groups -OCH3 is 1. The maximum atomic E-state index is 12.2. The molecule has 5 nitrogen and oxygen atoms in total. The fraction of sp³-hybridized carbons (Fsp3) is 0.611. The Morgan fingerprint density at radius 1 is 1.39 bits per heavy atom. The number of carbonyl (C=O) groups excluding carboxylic acids is 1. The summed E-state index contributed by atoms with van der Waals surface area (Å²) in [5, 5.41) is 0. The lowest BCUT2D eigenvalue weighted by atomic mass is 9.85. The Labute approximate surface area is 138 Å². The highest BCUT2D eigenvalue weighted by Gasteiger charge is 2.46. The summed E-state index contributed by atoms with van der Waals surface area (Å²) in [6.45, 7) is 8.82. The molecule has 5 heteroatoms. The van der Waals surface area contributed by atoms with Crippen LogP contribution >= 0.6 is 0 Å². The number of morpholine rings is 1. The van der Waals surface area contributed by atoms with Crippen molar-refractivity contribution in [2.24, 2.45) is 11.7 Å². The molecular formula is C18H28N2O3. The molecular weight excluding hydrogens is 292 g/mol. The first kappa shape index (κ1) is 17.6. The molecule has 1 aliphatic heterocycles. The van der Waals surface area contributed by atoms with Gasteiger partial charge in [-0.2, -0.15) is 0 Å². The first-order chi connectivity index (χ1) is 10.8. The van der Waals surface area contributed by atoms with Crippen LogP contribution in [0.2, 0.25) is 0 Å². The second-order valence-corrected chi connectivity index (χ2v) is 7.10. The number of benzene rings is 1. The van der Waals surface area contributed by atoms with Crippen molar-refractivity contribution >= 4 is 6.03 Å². The Morgan fingerprint density at radius 3 is 2.48 bits per heavy atom. The molecule has 0 aromatic heterocycles. The maximum Gasteiger partial charge on any atom is 0.315 e. The predicted octanol–water partition coefficient (Wildman–Crippen LogP) is 3.34. The predicted molar refractivity (Wildman–Crippen MR) is 90.4 cm³/mol. The third kappa shape index (κ3) is 3.61. The number of rotatable bonds is 4. The number of hydrogen-bond acceptors (Lipinski definition) is 3. The number of nitrogens with two attached hydrogens (primary N) is 1. The number of ether oxygens (including phenoxy) is 2. The van der Waals surface area contributed by atoms with E-state index in [9.17, 15) is 4.79 Å². The van der Waals surface area contributed by atoms with Gasteiger partial charge in [0, 0.05) is 0 Å². The average molecular weight is 320 g/mol. The van der Waals surface area contributed by atoms with Crippen LogP contribution in [0.1, 0.15) is 45.7 Å². The highest BCUT2D eigenvalue weighted by Crippen LogP contribution is 2.39. The van der Waals surface area contributed by atoms with Crippen LogP contribution < -0.4 is 10.5 Å². The average Bonchev–Trinajstić information content (AvgIpc) is 2.48. The molecule has 2 unspecified atom stereocenters. The van der Waals surface area contributed by atoms with Gasteiger partial charge in [-0.3, -0.25) is 0 Å². The fourth-order valence-electron chi connectivity index (χ4n) is 3.34. The number of nitrogens with zero attached hydrogens (tertiary/aromatic N) is 1. The molecule has 0 spiro atoms. The van der Waals surface area contributed by atoms with Crippen LogP contribution in [0.4, 0.5) is 4.79 Å². The van der Waals surface area contributed by atoms with Gasteiger partial charge in [0.25, 0.3) is 0 Å². The molecule has 0 saturated carbocycles. The van der Waals surface area contributed by atoms with Gasteiger partial charge >= 0.3 is 6.03 Å². The highest BCUT2D eigenvalue weighted by molar-refractivity contribution is 5.74. The standard InChI is InChI=1S/C18H28N2O3/c1-12(2)10-16-18(3,4)20(17(19)21)15(11-23-16)13-6-8-14(22-5)9-7-13/h6-9,12,15-16H,10-11H2,1-5H3,(H2,19,21). The van der Waals surface area contributed by atoms with Crippen LogP contribution in [-0.4, -0.2) is 36.3 Å². The van der Waals surface area contributed by atoms with Crippen molar-refractivity contribution in [1.82, 2.24) is 4.90 Å². The first-order valence-electron chi connectivity index (χ1n) is 8.11. The van der Waals surface area contributed by atoms with E-state index in [1.165, 1.54) is 0 Å². The van der Waals surface area contributed by atoms with E-state index in [0.29, 0.717) is 12.5 Å². The second-order valence-electron chi connectivity index (χ2n) is 7.10. The Bertz CT molecular complexity index is 540. The summed E-state index contributed by atoms with van der Waals surface area (Å²) in [6, 6.07) is 7.11. The van der Waals surface area contributed by atoms with Crippen LogP contribution in [0.15, 0.2) is 24.3 Å². The zero-order valence-corrected chi connectivity index (χ0v) is 14.7. The van der Waals surface area contributed by atoms with Gasteiger partial charge in [0.15, 0.2) is 0 Å². The van der Waals surface area contributed by atoms with Crippen molar-refractivity contribution in [2.75, 3.05) is 13.7 Å². The molecule has 2 N–H and O–H groups in total. The lowest BCUT2D eigenvalue weighted by Gasteiger charge is -2.51. The minimum Gasteiger partial charge on any atom is -0.497 e. The lowest BCUT2D eigenvalue weighted by Crippen LogP contribution is -2.63. The molecule has 0 radical (unpaired) electrons. The summed E-state index contributed by atoms with van der Waals surface area (Å²) >= 11 is 0. The highest BCUT2D eigenvalue weighted by atomic mass is 16.5. The summed E-state index contributed by atoms with van der Waals surface area (Å²) in [6.07, 6.45) is 0.871. The zero-order valence-electron chi connectivity index (χ0n) is 14.7. The van der Waals surface area contributed by atoms with Gasteiger partial charge < -0.3 is 20.1 Å². The largest absolute Gasteiger partial charge is 0.497 e. The number of amides is 2. The van der Waals surface area contributed by atoms with Crippen molar-refractivity contribution in [2.45, 2.75) is 51.8 Å². The third-order valence-corrected chi connectivity index (χ3v) is 4.60. The van der Waals surface area contributed by atoms with E-state index < -0.39 is 11.6 Å². The molecule has 1 saturated heterocycles. The Kier molecular flexibility index (Phi) is 5.19. The van der Waals surface area contributed by atoms with Crippen molar-refractivity contribution in [3.63, 3.8) is 0 Å². The van der Waals surface area contributed by atoms with Crippen molar-refractivity contribution < 1.29 is 14.3 Å². The molecule has 1 aromatic rings. The van der Waals surface area contributed by atoms with E-state index in [4.69, 9.17) is 15.2 Å². The Morgan fingerprint density at radius 2 is 2.00 bits per heavy atom. The fourth-order valence-corrected chi connectivity index (χ4v) is 3.34. The van der Waals surface area contributed by atoms with Gasteiger partial charge in [0.1, 0.15) is 5.75 Å². The topological polar surface area (TPSA) is 64.8 Å². The molecule has 1 aliphatic rings. The molecule has 2 rings (SSSR count). The summed E-state index contributed by atoms with van der Waals surface area (Å²) in [4.78, 5) is 13.9. The number of urea groups is 1. The molecule has 0 bridgehead atoms. The first-order valence-corrected chi connectivity index (χ1v) is 8.11. The van der Waals surface area contributed by atoms with Gasteiger partial charge in [-0.15, -0.1) is 0 Å². The SMILES string of the molecule is COc1ccc(C2COC(CC(C)C)C(C)(C)N2C(N)=O)cc1. The minimum atomic E-state index is -0.459. The summed E-state index contributed by atoms with van der Waals surface area (Å²) in [7, 11) is 1.63. The number of primary amides is 1. The minimum absolute atomic E-state index is 0.0236. The lowest BCUT2D eigenvalue weighted by molar-refractivity contribution is -0.128. The van der Waals surface area contributed by atoms with E-state index in [-0.39, 0.29) is 12.1 Å². The van der Waals surface area contributed by atoms with Crippen LogP contribution in [0.5, 0.6) is 5.75 Å². The van der Waals surface area contributed by atoms with E-state index in [1.54, 1.807) is 12.0 Å². The normalized spacial score (nSPS) is 23.8. The maximum absolute atomic E-state index is 12.2. The van der Waals surface area contributed by atoms with Gasteiger partial charge in [-0.05, 0) is 43.9 Å². The van der Waals surface area contributed by atoms with Crippen LogP contribution in [-0.2, 0) is 4.74 Å². The van der Waals surface area contributed by atoms with E-state index in [2.05, 4.69) is 13.8 Å². The van der Waals surface area contributed by atoms with Crippen molar-refractivity contribution in [3.05, 3.63) is 29.8 Å². The summed E-state index contributed by atoms with van der Waals surface area (Å²) in [5.74, 6) is 1.28. The quantitative estimate of drug-likeness (QED) is 0.925. The molecule has 1 fully saturated rings. The van der Waals surface area contributed by atoms with Gasteiger partial charge in [0.2, 0.25) is 0 Å². The Hall–Kier alpha value is -1.75. The van der Waals surface area contributed by atoms with E-state index >= 15 is 0 Å². The molecule has 23 heavy (non-hydrogen) atoms. The molecule has 1 heterocycles. The van der Waals surface area contributed by atoms with E-state index in [1.807, 2.05) is 38.1 Å². The van der Waals surface area contributed by atoms with Gasteiger partial charge in [-0.1, -0.05) is 26.0 Å². The Balaban J connectivity index is 2.32.